The van der Waals surface area contributed by atoms with Crippen LogP contribution in [0.2, 0.25) is 0 Å². The van der Waals surface area contributed by atoms with Crippen molar-refractivity contribution in [1.29, 1.82) is 0 Å². The molecule has 5 rings (SSSR count). The van der Waals surface area contributed by atoms with Crippen molar-refractivity contribution in [3.05, 3.63) is 95.7 Å². The molecule has 1 aromatic heterocycles. The smallest absolute Gasteiger partial charge is 0.419 e. The van der Waals surface area contributed by atoms with Gasteiger partial charge < -0.3 is 41.2 Å². The molecule has 1 aliphatic rings. The molecule has 0 saturated carbocycles. The number of aromatic nitrogens is 1. The number of benzene rings is 3. The lowest BCUT2D eigenvalue weighted by Gasteiger charge is -2.22. The summed E-state index contributed by atoms with van der Waals surface area (Å²) >= 11 is 0. The number of rotatable bonds is 14. The molecule has 0 spiro atoms. The SMILES string of the molecule is C[C@H](NC(=O)OCC1c2ccccc2-c2ccccc21)C(=O)N[C@@H](C)C(=O)N[C@@H](C)C(=O)N[C@@H](C)C(=O)N[C@@H](Cc1cn(C(=O)OC(C)(C)C)c2ccccc12)C(=O)O. The molecular formula is C43H50N6O10. The molecule has 3 aromatic carbocycles. The van der Waals surface area contributed by atoms with Gasteiger partial charge in [0.1, 0.15) is 42.4 Å². The molecule has 5 amide bonds. The Bertz CT molecular complexity index is 2220. The summed E-state index contributed by atoms with van der Waals surface area (Å²) in [7, 11) is 0. The maximum atomic E-state index is 13.1. The van der Waals surface area contributed by atoms with E-state index < -0.39 is 77.6 Å². The van der Waals surface area contributed by atoms with Crippen LogP contribution < -0.4 is 26.6 Å². The van der Waals surface area contributed by atoms with Gasteiger partial charge in [-0.25, -0.2) is 14.4 Å². The number of ether oxygens (including phenoxy) is 2. The molecule has 16 nitrogen and oxygen atoms in total. The second kappa shape index (κ2) is 18.3. The van der Waals surface area contributed by atoms with E-state index in [4.69, 9.17) is 9.47 Å². The average molecular weight is 811 g/mol. The van der Waals surface area contributed by atoms with Crippen molar-refractivity contribution in [2.75, 3.05) is 6.61 Å². The summed E-state index contributed by atoms with van der Waals surface area (Å²) in [5.41, 5.74) is 4.41. The number of carbonyl (C=O) groups excluding carboxylic acids is 6. The predicted octanol–water partition coefficient (Wildman–Crippen LogP) is 3.98. The second-order valence-corrected chi connectivity index (χ2v) is 15.5. The zero-order valence-corrected chi connectivity index (χ0v) is 34.0. The van der Waals surface area contributed by atoms with Crippen molar-refractivity contribution in [3.63, 3.8) is 0 Å². The highest BCUT2D eigenvalue weighted by molar-refractivity contribution is 5.96. The van der Waals surface area contributed by atoms with Gasteiger partial charge in [-0.15, -0.1) is 0 Å². The number of aliphatic carboxylic acids is 1. The van der Waals surface area contributed by atoms with Gasteiger partial charge in [-0.2, -0.15) is 0 Å². The minimum Gasteiger partial charge on any atom is -0.480 e. The highest BCUT2D eigenvalue weighted by Crippen LogP contribution is 2.44. The van der Waals surface area contributed by atoms with E-state index in [9.17, 15) is 38.7 Å². The minimum absolute atomic E-state index is 0.0525. The fourth-order valence-electron chi connectivity index (χ4n) is 6.69. The lowest BCUT2D eigenvalue weighted by atomic mass is 9.98. The second-order valence-electron chi connectivity index (χ2n) is 15.5. The molecule has 16 heteroatoms. The lowest BCUT2D eigenvalue weighted by molar-refractivity contribution is -0.142. The minimum atomic E-state index is -1.43. The zero-order valence-electron chi connectivity index (χ0n) is 34.0. The van der Waals surface area contributed by atoms with Crippen molar-refractivity contribution in [1.82, 2.24) is 31.2 Å². The van der Waals surface area contributed by atoms with Gasteiger partial charge in [0.2, 0.25) is 23.6 Å². The van der Waals surface area contributed by atoms with E-state index in [1.165, 1.54) is 38.5 Å². The Morgan fingerprint density at radius 1 is 0.661 bits per heavy atom. The first-order valence-electron chi connectivity index (χ1n) is 19.2. The topological polar surface area (TPSA) is 223 Å². The number of hydrogen-bond donors (Lipinski definition) is 6. The van der Waals surface area contributed by atoms with E-state index in [-0.39, 0.29) is 18.9 Å². The Kier molecular flexibility index (Phi) is 13.4. The van der Waals surface area contributed by atoms with Crippen LogP contribution in [-0.4, -0.2) is 93.9 Å². The number of carbonyl (C=O) groups is 7. The van der Waals surface area contributed by atoms with Crippen LogP contribution in [0.4, 0.5) is 9.59 Å². The summed E-state index contributed by atoms with van der Waals surface area (Å²) in [6, 6.07) is 16.6. The van der Waals surface area contributed by atoms with E-state index in [1.807, 2.05) is 48.5 Å². The molecule has 59 heavy (non-hydrogen) atoms. The number of carboxylic acid groups (broad SMARTS) is 1. The van der Waals surface area contributed by atoms with E-state index in [0.29, 0.717) is 16.5 Å². The third kappa shape index (κ3) is 10.6. The molecule has 0 unspecified atom stereocenters. The third-order valence-corrected chi connectivity index (χ3v) is 9.75. The number of hydrogen-bond acceptors (Lipinski definition) is 9. The maximum Gasteiger partial charge on any atom is 0.419 e. The molecule has 6 N–H and O–H groups in total. The number of amides is 5. The molecular weight excluding hydrogens is 761 g/mol. The van der Waals surface area contributed by atoms with Gasteiger partial charge in [0.15, 0.2) is 0 Å². The van der Waals surface area contributed by atoms with Crippen molar-refractivity contribution in [3.8, 4) is 11.1 Å². The van der Waals surface area contributed by atoms with Crippen LogP contribution in [0, 0.1) is 0 Å². The Morgan fingerprint density at radius 3 is 1.63 bits per heavy atom. The molecule has 0 saturated heterocycles. The summed E-state index contributed by atoms with van der Waals surface area (Å²) < 4.78 is 12.3. The summed E-state index contributed by atoms with van der Waals surface area (Å²) in [4.78, 5) is 89.7. The lowest BCUT2D eigenvalue weighted by Crippen LogP contribution is -2.57. The Balaban J connectivity index is 1.08. The quantitative estimate of drug-likeness (QED) is 0.108. The van der Waals surface area contributed by atoms with Crippen LogP contribution in [0.5, 0.6) is 0 Å². The number of carboxylic acids is 1. The number of nitrogens with one attached hydrogen (secondary N) is 5. The molecule has 0 bridgehead atoms. The number of para-hydroxylation sites is 1. The molecule has 1 heterocycles. The normalized spacial score (nSPS) is 14.6. The van der Waals surface area contributed by atoms with Gasteiger partial charge in [0, 0.05) is 23.9 Å². The van der Waals surface area contributed by atoms with Crippen LogP contribution in [0.15, 0.2) is 79.0 Å². The molecule has 0 radical (unpaired) electrons. The Hall–Kier alpha value is -6.71. The number of nitrogens with zero attached hydrogens (tertiary/aromatic N) is 1. The summed E-state index contributed by atoms with van der Waals surface area (Å²) in [6.07, 6.45) is -0.173. The first-order valence-corrected chi connectivity index (χ1v) is 19.2. The van der Waals surface area contributed by atoms with Gasteiger partial charge in [0.25, 0.3) is 0 Å². The predicted molar refractivity (Wildman–Crippen MR) is 217 cm³/mol. The summed E-state index contributed by atoms with van der Waals surface area (Å²) in [5, 5.41) is 22.9. The fraction of sp³-hybridized carbons (Fsp3) is 0.372. The van der Waals surface area contributed by atoms with Crippen LogP contribution in [0.25, 0.3) is 22.0 Å². The third-order valence-electron chi connectivity index (χ3n) is 9.75. The summed E-state index contributed by atoms with van der Waals surface area (Å²) in [5.74, 6) is -4.46. The highest BCUT2D eigenvalue weighted by Gasteiger charge is 2.31. The fourth-order valence-corrected chi connectivity index (χ4v) is 6.69. The van der Waals surface area contributed by atoms with Gasteiger partial charge >= 0.3 is 18.2 Å². The molecule has 1 aliphatic carbocycles. The molecule has 312 valence electrons. The average Bonchev–Trinajstić information content (AvgIpc) is 3.71. The van der Waals surface area contributed by atoms with E-state index in [1.54, 1.807) is 45.0 Å². The van der Waals surface area contributed by atoms with Gasteiger partial charge in [-0.3, -0.25) is 23.7 Å². The van der Waals surface area contributed by atoms with Crippen molar-refractivity contribution < 1.29 is 48.1 Å². The largest absolute Gasteiger partial charge is 0.480 e. The number of fused-ring (bicyclic) bond motifs is 4. The van der Waals surface area contributed by atoms with E-state index in [2.05, 4.69) is 26.6 Å². The van der Waals surface area contributed by atoms with Crippen molar-refractivity contribution >= 4 is 52.7 Å². The van der Waals surface area contributed by atoms with E-state index in [0.717, 1.165) is 22.3 Å². The van der Waals surface area contributed by atoms with Crippen LogP contribution in [0.3, 0.4) is 0 Å². The first-order chi connectivity index (χ1) is 27.8. The van der Waals surface area contributed by atoms with Crippen molar-refractivity contribution in [2.45, 2.75) is 96.6 Å². The first kappa shape index (κ1) is 43.4. The monoisotopic (exact) mass is 810 g/mol. The van der Waals surface area contributed by atoms with Crippen molar-refractivity contribution in [2.24, 2.45) is 0 Å². The standard InChI is InChI=1S/C43H50N6O10/c1-23(37(51)46-25(3)39(53)48-34(40(54)55)20-27-21-49(42(57)59-43(5,6)7)35-19-13-12-14-28(27)35)44-36(50)24(2)45-38(52)26(4)47-41(56)58-22-33-31-17-10-8-15-29(31)30-16-9-11-18-32(30)33/h8-19,21,23-26,33-34H,20,22H2,1-7H3,(H,44,50)(H,45,52)(H,46,51)(H,47,56)(H,48,53)(H,54,55)/t23-,24-,25-,26-,34-/m0/s1. The number of alkyl carbamates (subject to hydrolysis) is 1. The molecule has 0 fully saturated rings. The van der Waals surface area contributed by atoms with E-state index >= 15 is 0 Å². The Labute approximate surface area is 341 Å². The summed E-state index contributed by atoms with van der Waals surface area (Å²) in [6.45, 7) is 10.8. The highest BCUT2D eigenvalue weighted by atomic mass is 16.6. The molecule has 0 aliphatic heterocycles. The van der Waals surface area contributed by atoms with Gasteiger partial charge in [-0.1, -0.05) is 66.7 Å². The zero-order chi connectivity index (χ0) is 43.2. The Morgan fingerprint density at radius 2 is 1.12 bits per heavy atom. The van der Waals surface area contributed by atoms with Gasteiger partial charge in [-0.05, 0) is 82.3 Å². The molecule has 5 atom stereocenters. The maximum absolute atomic E-state index is 13.1. The van der Waals surface area contributed by atoms with Crippen LogP contribution >= 0.6 is 0 Å². The van der Waals surface area contributed by atoms with Crippen LogP contribution in [0.1, 0.15) is 71.1 Å². The van der Waals surface area contributed by atoms with Gasteiger partial charge in [0.05, 0.1) is 5.52 Å². The van der Waals surface area contributed by atoms with Crippen LogP contribution in [-0.2, 0) is 39.9 Å². The molecule has 4 aromatic rings.